The number of imidazole rings is 1. The minimum Gasteiger partial charge on any atom is -0.487 e. The topological polar surface area (TPSA) is 69.4 Å². The van der Waals surface area contributed by atoms with E-state index < -0.39 is 0 Å². The van der Waals surface area contributed by atoms with E-state index in [-0.39, 0.29) is 17.6 Å². The van der Waals surface area contributed by atoms with Crippen molar-refractivity contribution in [2.75, 3.05) is 13.1 Å². The van der Waals surface area contributed by atoms with Crippen LogP contribution in [0.2, 0.25) is 5.02 Å². The van der Waals surface area contributed by atoms with Gasteiger partial charge in [-0.05, 0) is 49.2 Å². The highest BCUT2D eigenvalue weighted by Crippen LogP contribution is 2.30. The van der Waals surface area contributed by atoms with Gasteiger partial charge in [-0.15, -0.1) is 0 Å². The third-order valence-electron chi connectivity index (χ3n) is 6.34. The number of carbonyl (C=O) groups is 1. The van der Waals surface area contributed by atoms with Gasteiger partial charge in [0.15, 0.2) is 0 Å². The number of amides is 1. The second-order valence-electron chi connectivity index (χ2n) is 8.68. The first-order chi connectivity index (χ1) is 17.0. The van der Waals surface area contributed by atoms with Crippen LogP contribution in [0.15, 0.2) is 78.4 Å². The Labute approximate surface area is 207 Å². The van der Waals surface area contributed by atoms with Gasteiger partial charge >= 0.3 is 5.69 Å². The molecule has 178 valence electrons. The molecule has 1 atom stereocenters. The van der Waals surface area contributed by atoms with Gasteiger partial charge in [0.1, 0.15) is 12.4 Å². The van der Waals surface area contributed by atoms with Crippen LogP contribution in [-0.4, -0.2) is 38.0 Å². The Morgan fingerprint density at radius 1 is 1.23 bits per heavy atom. The summed E-state index contributed by atoms with van der Waals surface area (Å²) in [4.78, 5) is 31.7. The monoisotopic (exact) mass is 488 g/mol. The molecular weight excluding hydrogens is 464 g/mol. The summed E-state index contributed by atoms with van der Waals surface area (Å²) in [6, 6.07) is 15.1. The van der Waals surface area contributed by atoms with Gasteiger partial charge < -0.3 is 9.64 Å². The lowest BCUT2D eigenvalue weighted by Gasteiger charge is -2.15. The number of fused-ring (bicyclic) bond motifs is 1. The van der Waals surface area contributed by atoms with Crippen LogP contribution < -0.4 is 10.4 Å². The van der Waals surface area contributed by atoms with Gasteiger partial charge in [0.05, 0.1) is 34.0 Å². The summed E-state index contributed by atoms with van der Waals surface area (Å²) in [5, 5.41) is 0.412. The number of carbonyl (C=O) groups excluding carboxylic acids is 1. The molecule has 2 aromatic heterocycles. The highest BCUT2D eigenvalue weighted by atomic mass is 35.5. The molecule has 5 rings (SSSR count). The quantitative estimate of drug-likeness (QED) is 0.369. The number of pyridine rings is 1. The van der Waals surface area contributed by atoms with Crippen molar-refractivity contribution in [1.29, 1.82) is 0 Å². The molecule has 0 N–H and O–H groups in total. The molecule has 1 saturated heterocycles. The molecule has 0 spiro atoms. The fraction of sp³-hybridized carbons (Fsp3) is 0.222. The van der Waals surface area contributed by atoms with Crippen LogP contribution >= 0.6 is 11.6 Å². The van der Waals surface area contributed by atoms with Crippen molar-refractivity contribution >= 4 is 28.5 Å². The third-order valence-corrected chi connectivity index (χ3v) is 6.64. The summed E-state index contributed by atoms with van der Waals surface area (Å²) in [5.74, 6) is 0.417. The van der Waals surface area contributed by atoms with Gasteiger partial charge in [-0.1, -0.05) is 48.0 Å². The second-order valence-corrected chi connectivity index (χ2v) is 9.08. The Bertz CT molecular complexity index is 1490. The maximum Gasteiger partial charge on any atom is 0.334 e. The molecule has 1 aliphatic heterocycles. The summed E-state index contributed by atoms with van der Waals surface area (Å²) in [6.45, 7) is 7.04. The van der Waals surface area contributed by atoms with Crippen LogP contribution in [0.5, 0.6) is 5.75 Å². The molecule has 2 aromatic carbocycles. The first-order valence-electron chi connectivity index (χ1n) is 11.4. The van der Waals surface area contributed by atoms with Crippen LogP contribution in [0.3, 0.4) is 0 Å². The molecule has 3 heterocycles. The van der Waals surface area contributed by atoms with E-state index >= 15 is 0 Å². The summed E-state index contributed by atoms with van der Waals surface area (Å²) >= 11 is 6.57. The van der Waals surface area contributed by atoms with E-state index in [1.165, 1.54) is 6.08 Å². The van der Waals surface area contributed by atoms with Crippen LogP contribution in [0.4, 0.5) is 0 Å². The number of aromatic nitrogens is 3. The van der Waals surface area contributed by atoms with Gasteiger partial charge in [0.25, 0.3) is 0 Å². The Kier molecular flexibility index (Phi) is 6.17. The lowest BCUT2D eigenvalue weighted by molar-refractivity contribution is -0.125. The Hall–Kier alpha value is -3.84. The molecule has 1 amide bonds. The Balaban J connectivity index is 1.48. The van der Waals surface area contributed by atoms with Gasteiger partial charge in [0.2, 0.25) is 5.91 Å². The number of halogens is 1. The minimum absolute atomic E-state index is 0.126. The van der Waals surface area contributed by atoms with Gasteiger partial charge in [-0.25, -0.2) is 4.79 Å². The molecule has 0 saturated carbocycles. The first-order valence-corrected chi connectivity index (χ1v) is 11.8. The van der Waals surface area contributed by atoms with E-state index in [0.29, 0.717) is 48.1 Å². The number of rotatable bonds is 6. The van der Waals surface area contributed by atoms with Gasteiger partial charge in [0, 0.05) is 19.3 Å². The van der Waals surface area contributed by atoms with Crippen molar-refractivity contribution in [2.24, 2.45) is 0 Å². The smallest absolute Gasteiger partial charge is 0.334 e. The first kappa shape index (κ1) is 22.9. The van der Waals surface area contributed by atoms with Crippen molar-refractivity contribution in [1.82, 2.24) is 19.0 Å². The van der Waals surface area contributed by atoms with Crippen molar-refractivity contribution in [3.05, 3.63) is 100 Å². The molecule has 0 aliphatic carbocycles. The summed E-state index contributed by atoms with van der Waals surface area (Å²) in [5.41, 5.74) is 4.08. The predicted octanol–water partition coefficient (Wildman–Crippen LogP) is 4.69. The molecule has 1 aliphatic rings. The third kappa shape index (κ3) is 4.35. The van der Waals surface area contributed by atoms with Gasteiger partial charge in [-0.2, -0.15) is 0 Å². The van der Waals surface area contributed by atoms with Crippen molar-refractivity contribution in [2.45, 2.75) is 26.0 Å². The lowest BCUT2D eigenvalue weighted by Crippen LogP contribution is -2.31. The average molecular weight is 489 g/mol. The molecule has 0 unspecified atom stereocenters. The number of aryl methyl sites for hydroxylation is 1. The van der Waals surface area contributed by atoms with E-state index in [1.807, 2.05) is 37.3 Å². The van der Waals surface area contributed by atoms with Crippen LogP contribution in [-0.2, 0) is 11.4 Å². The fourth-order valence-electron chi connectivity index (χ4n) is 4.66. The molecule has 8 heteroatoms. The largest absolute Gasteiger partial charge is 0.487 e. The highest BCUT2D eigenvalue weighted by Gasteiger charge is 2.30. The molecule has 0 radical (unpaired) electrons. The minimum atomic E-state index is -0.199. The zero-order valence-corrected chi connectivity index (χ0v) is 20.1. The van der Waals surface area contributed by atoms with Crippen molar-refractivity contribution < 1.29 is 9.53 Å². The zero-order chi connectivity index (χ0) is 24.5. The Morgan fingerprint density at radius 3 is 2.86 bits per heavy atom. The van der Waals surface area contributed by atoms with Crippen molar-refractivity contribution in [3.8, 4) is 11.4 Å². The number of ether oxygens (including phenoxy) is 1. The number of nitrogens with zero attached hydrogens (tertiary/aromatic N) is 4. The fourth-order valence-corrected chi connectivity index (χ4v) is 4.89. The summed E-state index contributed by atoms with van der Waals surface area (Å²) < 4.78 is 9.30. The van der Waals surface area contributed by atoms with Crippen LogP contribution in [0, 0.1) is 6.92 Å². The van der Waals surface area contributed by atoms with Crippen LogP contribution in [0.25, 0.3) is 16.7 Å². The molecule has 1 fully saturated rings. The second kappa shape index (κ2) is 9.43. The summed E-state index contributed by atoms with van der Waals surface area (Å²) in [7, 11) is 0. The highest BCUT2D eigenvalue weighted by molar-refractivity contribution is 6.32. The number of hydrogen-bond acceptors (Lipinski definition) is 4. The van der Waals surface area contributed by atoms with E-state index in [9.17, 15) is 9.59 Å². The van der Waals surface area contributed by atoms with E-state index in [1.54, 1.807) is 38.6 Å². The standard InChI is InChI=1S/C27H25ClN4O3/c1-3-26(33)30-12-10-21(16-30)32-23-9-11-29-15-24(23)31(27(32)34)20-7-8-25(22(28)14-20)35-17-19-6-4-5-18(2)13-19/h3-9,11,13-15,21H,1,10,12,16-17H2,2H3/t21-/m1/s1. The lowest BCUT2D eigenvalue weighted by atomic mass is 10.1. The van der Waals surface area contributed by atoms with Gasteiger partial charge in [-0.3, -0.25) is 18.9 Å². The van der Waals surface area contributed by atoms with E-state index in [0.717, 1.165) is 16.6 Å². The number of likely N-dealkylation sites (tertiary alicyclic amines) is 1. The zero-order valence-electron chi connectivity index (χ0n) is 19.4. The molecule has 0 bridgehead atoms. The SMILES string of the molecule is C=CC(=O)N1CC[C@@H](n2c(=O)n(-c3ccc(OCc4cccc(C)c4)c(Cl)c3)c3cnccc32)C1. The molecule has 4 aromatic rings. The molecular formula is C27H25ClN4O3. The van der Waals surface area contributed by atoms with E-state index in [2.05, 4.69) is 17.6 Å². The maximum absolute atomic E-state index is 13.7. The summed E-state index contributed by atoms with van der Waals surface area (Å²) in [6.07, 6.45) is 5.33. The maximum atomic E-state index is 13.7. The van der Waals surface area contributed by atoms with E-state index in [4.69, 9.17) is 16.3 Å². The predicted molar refractivity (Wildman–Crippen MR) is 136 cm³/mol. The van der Waals surface area contributed by atoms with Crippen molar-refractivity contribution in [3.63, 3.8) is 0 Å². The average Bonchev–Trinajstić information content (AvgIpc) is 3.45. The Morgan fingerprint density at radius 2 is 2.09 bits per heavy atom. The van der Waals surface area contributed by atoms with Crippen LogP contribution in [0.1, 0.15) is 23.6 Å². The molecule has 35 heavy (non-hydrogen) atoms. The molecule has 7 nitrogen and oxygen atoms in total. The number of benzene rings is 2. The number of hydrogen-bond donors (Lipinski definition) is 0. The normalized spacial score (nSPS) is 15.5.